The van der Waals surface area contributed by atoms with Gasteiger partial charge >= 0.3 is 5.97 Å². The Hall–Kier alpha value is -1.35. The normalized spacial score (nSPS) is 27.5. The molecule has 0 unspecified atom stereocenters. The Morgan fingerprint density at radius 2 is 2.50 bits per heavy atom. The smallest absolute Gasteiger partial charge is 0.339 e. The van der Waals surface area contributed by atoms with E-state index in [9.17, 15) is 4.79 Å². The molecule has 0 fully saturated rings. The summed E-state index contributed by atoms with van der Waals surface area (Å²) in [5.74, 6) is -0.444. The van der Waals surface area contributed by atoms with Crippen molar-refractivity contribution in [2.45, 2.75) is 25.0 Å². The first-order chi connectivity index (χ1) is 7.59. The van der Waals surface area contributed by atoms with E-state index in [4.69, 9.17) is 14.2 Å². The van der Waals surface area contributed by atoms with Gasteiger partial charge in [-0.3, -0.25) is 0 Å². The van der Waals surface area contributed by atoms with E-state index in [0.717, 1.165) is 0 Å². The van der Waals surface area contributed by atoms with Gasteiger partial charge in [0.15, 0.2) is 0 Å². The van der Waals surface area contributed by atoms with Crippen LogP contribution in [0.25, 0.3) is 0 Å². The summed E-state index contributed by atoms with van der Waals surface area (Å²) in [6.07, 6.45) is 5.18. The van der Waals surface area contributed by atoms with Crippen LogP contribution in [-0.2, 0) is 19.0 Å². The van der Waals surface area contributed by atoms with Crippen molar-refractivity contribution < 1.29 is 19.0 Å². The monoisotopic (exact) mass is 224 g/mol. The molecular weight excluding hydrogens is 208 g/mol. The maximum absolute atomic E-state index is 11.1. The molecule has 0 saturated carbocycles. The standard InChI is InChI=1S/C12H16O4/c1-4-5-11(13)16-10-6-7-12(2,8-10)15-9-14-3/h5-7,10H,1,8-9H2,2-3H3/t10-,12-/m1/s1. The zero-order chi connectivity index (χ0) is 12.0. The van der Waals surface area contributed by atoms with Crippen molar-refractivity contribution in [3.8, 4) is 0 Å². The fraction of sp³-hybridized carbons (Fsp3) is 0.500. The van der Waals surface area contributed by atoms with Gasteiger partial charge in [0.1, 0.15) is 12.9 Å². The van der Waals surface area contributed by atoms with Crippen molar-refractivity contribution in [1.29, 1.82) is 0 Å². The van der Waals surface area contributed by atoms with Gasteiger partial charge in [0.2, 0.25) is 0 Å². The Balaban J connectivity index is 2.44. The largest absolute Gasteiger partial charge is 0.454 e. The highest BCUT2D eigenvalue weighted by molar-refractivity contribution is 5.81. The van der Waals surface area contributed by atoms with E-state index in [1.165, 1.54) is 6.08 Å². The van der Waals surface area contributed by atoms with E-state index in [-0.39, 0.29) is 12.9 Å². The van der Waals surface area contributed by atoms with Crippen LogP contribution >= 0.6 is 0 Å². The van der Waals surface area contributed by atoms with Crippen molar-refractivity contribution in [2.24, 2.45) is 0 Å². The molecule has 0 aliphatic heterocycles. The number of ether oxygens (including phenoxy) is 3. The minimum absolute atomic E-state index is 0.216. The molecule has 0 N–H and O–H groups in total. The van der Waals surface area contributed by atoms with Gasteiger partial charge in [-0.1, -0.05) is 12.7 Å². The zero-order valence-corrected chi connectivity index (χ0v) is 9.56. The molecule has 0 amide bonds. The minimum Gasteiger partial charge on any atom is -0.454 e. The predicted molar refractivity (Wildman–Crippen MR) is 58.7 cm³/mol. The second-order valence-corrected chi connectivity index (χ2v) is 3.75. The van der Waals surface area contributed by atoms with Crippen LogP contribution < -0.4 is 0 Å². The summed E-state index contributed by atoms with van der Waals surface area (Å²) >= 11 is 0. The average molecular weight is 224 g/mol. The number of hydrogen-bond acceptors (Lipinski definition) is 4. The number of hydrogen-bond donors (Lipinski definition) is 0. The van der Waals surface area contributed by atoms with Crippen LogP contribution in [0.15, 0.2) is 30.5 Å². The maximum atomic E-state index is 11.1. The van der Waals surface area contributed by atoms with Crippen LogP contribution in [0.3, 0.4) is 0 Å². The summed E-state index contributed by atoms with van der Waals surface area (Å²) in [4.78, 5) is 11.1. The third kappa shape index (κ3) is 3.66. The maximum Gasteiger partial charge on any atom is 0.339 e. The number of methoxy groups -OCH3 is 1. The molecule has 1 aliphatic rings. The minimum atomic E-state index is -0.444. The van der Waals surface area contributed by atoms with Gasteiger partial charge in [-0.15, -0.1) is 5.73 Å². The fourth-order valence-electron chi connectivity index (χ4n) is 1.49. The molecule has 1 aliphatic carbocycles. The van der Waals surface area contributed by atoms with Gasteiger partial charge in [0.05, 0.1) is 11.7 Å². The van der Waals surface area contributed by atoms with Gasteiger partial charge in [0, 0.05) is 13.5 Å². The Morgan fingerprint density at radius 1 is 1.75 bits per heavy atom. The van der Waals surface area contributed by atoms with Crippen LogP contribution in [0.1, 0.15) is 13.3 Å². The van der Waals surface area contributed by atoms with Gasteiger partial charge < -0.3 is 14.2 Å². The Kier molecular flexibility index (Phi) is 4.50. The molecule has 0 aromatic heterocycles. The molecule has 4 nitrogen and oxygen atoms in total. The topological polar surface area (TPSA) is 44.8 Å². The molecule has 0 bridgehead atoms. The zero-order valence-electron chi connectivity index (χ0n) is 9.56. The second-order valence-electron chi connectivity index (χ2n) is 3.75. The molecule has 88 valence electrons. The molecule has 16 heavy (non-hydrogen) atoms. The van der Waals surface area contributed by atoms with Gasteiger partial charge in [-0.2, -0.15) is 0 Å². The summed E-state index contributed by atoms with van der Waals surface area (Å²) in [5.41, 5.74) is 1.94. The third-order valence-electron chi connectivity index (χ3n) is 2.26. The lowest BCUT2D eigenvalue weighted by Gasteiger charge is -2.23. The summed E-state index contributed by atoms with van der Waals surface area (Å²) in [6.45, 7) is 5.44. The van der Waals surface area contributed by atoms with Gasteiger partial charge in [-0.25, -0.2) is 4.79 Å². The molecule has 0 aromatic rings. The number of carbonyl (C=O) groups excluding carboxylic acids is 1. The lowest BCUT2D eigenvalue weighted by Crippen LogP contribution is -2.28. The molecule has 0 aromatic carbocycles. The summed E-state index contributed by atoms with van der Waals surface area (Å²) in [7, 11) is 1.56. The highest BCUT2D eigenvalue weighted by Crippen LogP contribution is 2.28. The predicted octanol–water partition coefficient (Wildman–Crippen LogP) is 1.58. The molecule has 1 rings (SSSR count). The van der Waals surface area contributed by atoms with Crippen molar-refractivity contribution in [2.75, 3.05) is 13.9 Å². The molecule has 2 atom stereocenters. The molecule has 0 radical (unpaired) electrons. The first-order valence-corrected chi connectivity index (χ1v) is 4.98. The van der Waals surface area contributed by atoms with Crippen LogP contribution in [0.5, 0.6) is 0 Å². The van der Waals surface area contributed by atoms with Crippen molar-refractivity contribution >= 4 is 5.97 Å². The second kappa shape index (κ2) is 5.66. The lowest BCUT2D eigenvalue weighted by atomic mass is 10.1. The molecule has 0 heterocycles. The van der Waals surface area contributed by atoms with Crippen LogP contribution in [0.4, 0.5) is 0 Å². The van der Waals surface area contributed by atoms with E-state index < -0.39 is 11.6 Å². The Bertz CT molecular complexity index is 328. The van der Waals surface area contributed by atoms with E-state index in [0.29, 0.717) is 6.42 Å². The molecule has 4 heteroatoms. The Labute approximate surface area is 95.2 Å². The van der Waals surface area contributed by atoms with Gasteiger partial charge in [0.25, 0.3) is 0 Å². The lowest BCUT2D eigenvalue weighted by molar-refractivity contribution is -0.144. The van der Waals surface area contributed by atoms with Crippen LogP contribution in [0.2, 0.25) is 0 Å². The SMILES string of the molecule is C=C=CC(=O)O[C@@H]1C=C[C@@](C)(OCOC)C1. The van der Waals surface area contributed by atoms with E-state index >= 15 is 0 Å². The number of carbonyl (C=O) groups is 1. The van der Waals surface area contributed by atoms with Crippen LogP contribution in [-0.4, -0.2) is 31.6 Å². The van der Waals surface area contributed by atoms with Crippen molar-refractivity contribution in [3.05, 3.63) is 30.5 Å². The van der Waals surface area contributed by atoms with E-state index in [2.05, 4.69) is 12.3 Å². The first-order valence-electron chi connectivity index (χ1n) is 4.98. The molecular formula is C12H16O4. The number of rotatable bonds is 5. The van der Waals surface area contributed by atoms with Crippen LogP contribution in [0, 0.1) is 0 Å². The summed E-state index contributed by atoms with van der Waals surface area (Å²) < 4.78 is 15.4. The Morgan fingerprint density at radius 3 is 3.12 bits per heavy atom. The van der Waals surface area contributed by atoms with Gasteiger partial charge in [-0.05, 0) is 13.0 Å². The summed E-state index contributed by atoms with van der Waals surface area (Å²) in [5, 5.41) is 0. The van der Waals surface area contributed by atoms with E-state index in [1.54, 1.807) is 7.11 Å². The third-order valence-corrected chi connectivity index (χ3v) is 2.26. The highest BCUT2D eigenvalue weighted by atomic mass is 16.7. The van der Waals surface area contributed by atoms with Crippen molar-refractivity contribution in [3.63, 3.8) is 0 Å². The fourth-order valence-corrected chi connectivity index (χ4v) is 1.49. The number of esters is 1. The summed E-state index contributed by atoms with van der Waals surface area (Å²) in [6, 6.07) is 0. The molecule has 0 spiro atoms. The average Bonchev–Trinajstić information content (AvgIpc) is 2.58. The highest BCUT2D eigenvalue weighted by Gasteiger charge is 2.32. The molecule has 0 saturated heterocycles. The first kappa shape index (κ1) is 12.7. The quantitative estimate of drug-likeness (QED) is 0.234. The van der Waals surface area contributed by atoms with E-state index in [1.807, 2.05) is 19.1 Å². The van der Waals surface area contributed by atoms with Crippen molar-refractivity contribution in [1.82, 2.24) is 0 Å².